The molecule has 0 N–H and O–H groups in total. The Morgan fingerprint density at radius 1 is 1.33 bits per heavy atom. The summed E-state index contributed by atoms with van der Waals surface area (Å²) in [5.74, 6) is 0.623. The maximum atomic E-state index is 2.47. The zero-order valence-electron chi connectivity index (χ0n) is 9.87. The second kappa shape index (κ2) is 4.80. The molecule has 1 aliphatic carbocycles. The van der Waals surface area contributed by atoms with Crippen LogP contribution in [0.4, 0.5) is 0 Å². The lowest BCUT2D eigenvalue weighted by molar-refractivity contribution is 0.310. The van der Waals surface area contributed by atoms with Gasteiger partial charge in [-0.1, -0.05) is 24.3 Å². The first-order chi connectivity index (χ1) is 7.27. The molecule has 0 fully saturated rings. The van der Waals surface area contributed by atoms with Gasteiger partial charge >= 0.3 is 0 Å². The summed E-state index contributed by atoms with van der Waals surface area (Å²) in [5, 5.41) is 0. The predicted octanol–water partition coefficient (Wildman–Crippen LogP) is 3.16. The smallest absolute Gasteiger partial charge is 0.0148 e. The summed E-state index contributed by atoms with van der Waals surface area (Å²) >= 11 is 0. The van der Waals surface area contributed by atoms with E-state index in [1.54, 1.807) is 5.57 Å². The number of hydrogen-bond acceptors (Lipinski definition) is 1. The molecular formula is C14H21N. The molecule has 0 aromatic carbocycles. The van der Waals surface area contributed by atoms with Crippen molar-refractivity contribution in [2.45, 2.75) is 26.2 Å². The van der Waals surface area contributed by atoms with Crippen LogP contribution in [-0.4, -0.2) is 25.0 Å². The molecule has 0 amide bonds. The molecule has 1 aliphatic heterocycles. The molecule has 0 bridgehead atoms. The van der Waals surface area contributed by atoms with Gasteiger partial charge in [-0.15, -0.1) is 0 Å². The van der Waals surface area contributed by atoms with Gasteiger partial charge in [0.05, 0.1) is 0 Å². The molecule has 2 rings (SSSR count). The van der Waals surface area contributed by atoms with Gasteiger partial charge in [0.2, 0.25) is 0 Å². The molecule has 1 heteroatoms. The summed E-state index contributed by atoms with van der Waals surface area (Å²) in [5.41, 5.74) is 3.02. The van der Waals surface area contributed by atoms with E-state index in [1.165, 1.54) is 37.9 Å². The Balaban J connectivity index is 2.20. The van der Waals surface area contributed by atoms with Crippen molar-refractivity contribution in [3.05, 3.63) is 35.5 Å². The minimum absolute atomic E-state index is 0.623. The SMILES string of the molecule is CC1=CC=CC2CN(C)CCCC/C=C\12. The molecular weight excluding hydrogens is 182 g/mol. The number of rotatable bonds is 0. The van der Waals surface area contributed by atoms with E-state index in [0.717, 1.165) is 0 Å². The third-order valence-corrected chi connectivity index (χ3v) is 3.41. The van der Waals surface area contributed by atoms with Crippen molar-refractivity contribution >= 4 is 0 Å². The number of nitrogens with zero attached hydrogens (tertiary/aromatic N) is 1. The van der Waals surface area contributed by atoms with Crippen molar-refractivity contribution in [1.29, 1.82) is 0 Å². The Labute approximate surface area is 93.2 Å². The Morgan fingerprint density at radius 2 is 2.20 bits per heavy atom. The van der Waals surface area contributed by atoms with Crippen molar-refractivity contribution < 1.29 is 0 Å². The lowest BCUT2D eigenvalue weighted by Gasteiger charge is -2.25. The Bertz CT molecular complexity index is 309. The number of fused-ring (bicyclic) bond motifs is 1. The van der Waals surface area contributed by atoms with Gasteiger partial charge in [0.25, 0.3) is 0 Å². The quantitative estimate of drug-likeness (QED) is 0.584. The van der Waals surface area contributed by atoms with Crippen LogP contribution in [0.25, 0.3) is 0 Å². The van der Waals surface area contributed by atoms with Crippen molar-refractivity contribution in [2.24, 2.45) is 5.92 Å². The van der Waals surface area contributed by atoms with Crippen molar-refractivity contribution in [3.8, 4) is 0 Å². The van der Waals surface area contributed by atoms with Crippen LogP contribution in [0.5, 0.6) is 0 Å². The van der Waals surface area contributed by atoms with E-state index in [4.69, 9.17) is 0 Å². The van der Waals surface area contributed by atoms with Crippen LogP contribution in [0.1, 0.15) is 26.2 Å². The second-order valence-electron chi connectivity index (χ2n) is 4.76. The van der Waals surface area contributed by atoms with Gasteiger partial charge in [0.1, 0.15) is 0 Å². The fourth-order valence-electron chi connectivity index (χ4n) is 2.51. The molecule has 1 atom stereocenters. The molecule has 0 radical (unpaired) electrons. The van der Waals surface area contributed by atoms with Gasteiger partial charge in [0, 0.05) is 12.5 Å². The molecule has 0 aromatic rings. The average Bonchev–Trinajstić information content (AvgIpc) is 2.28. The topological polar surface area (TPSA) is 3.24 Å². The number of hydrogen-bond donors (Lipinski definition) is 0. The van der Waals surface area contributed by atoms with E-state index >= 15 is 0 Å². The largest absolute Gasteiger partial charge is 0.305 e. The highest BCUT2D eigenvalue weighted by Gasteiger charge is 2.17. The van der Waals surface area contributed by atoms with Gasteiger partial charge in [-0.3, -0.25) is 0 Å². The van der Waals surface area contributed by atoms with Crippen molar-refractivity contribution in [2.75, 3.05) is 20.1 Å². The number of allylic oxidation sites excluding steroid dienone is 4. The van der Waals surface area contributed by atoms with Gasteiger partial charge in [-0.25, -0.2) is 0 Å². The zero-order valence-corrected chi connectivity index (χ0v) is 9.87. The lowest BCUT2D eigenvalue weighted by Crippen LogP contribution is -2.27. The summed E-state index contributed by atoms with van der Waals surface area (Å²) in [6.45, 7) is 4.65. The third kappa shape index (κ3) is 2.60. The van der Waals surface area contributed by atoms with E-state index in [9.17, 15) is 0 Å². The van der Waals surface area contributed by atoms with E-state index in [2.05, 4.69) is 43.2 Å². The Kier molecular flexibility index (Phi) is 3.42. The van der Waals surface area contributed by atoms with Crippen LogP contribution in [0, 0.1) is 5.92 Å². The Hall–Kier alpha value is -0.820. The molecule has 1 nitrogen and oxygen atoms in total. The maximum absolute atomic E-state index is 2.47. The molecule has 1 heterocycles. The summed E-state index contributed by atoms with van der Waals surface area (Å²) in [4.78, 5) is 2.47. The molecule has 0 spiro atoms. The van der Waals surface area contributed by atoms with Gasteiger partial charge in [-0.2, -0.15) is 0 Å². The fraction of sp³-hybridized carbons (Fsp3) is 0.571. The first-order valence-electron chi connectivity index (χ1n) is 6.01. The van der Waals surface area contributed by atoms with Crippen molar-refractivity contribution in [1.82, 2.24) is 4.90 Å². The molecule has 2 aliphatic rings. The predicted molar refractivity (Wildman–Crippen MR) is 65.8 cm³/mol. The van der Waals surface area contributed by atoms with Crippen LogP contribution in [0.15, 0.2) is 35.5 Å². The summed E-state index contributed by atoms with van der Waals surface area (Å²) < 4.78 is 0. The minimum atomic E-state index is 0.623. The second-order valence-corrected chi connectivity index (χ2v) is 4.76. The first-order valence-corrected chi connectivity index (χ1v) is 6.01. The van der Waals surface area contributed by atoms with E-state index in [0.29, 0.717) is 5.92 Å². The van der Waals surface area contributed by atoms with Crippen molar-refractivity contribution in [3.63, 3.8) is 0 Å². The molecule has 0 aromatic heterocycles. The molecule has 0 saturated heterocycles. The molecule has 1 unspecified atom stereocenters. The molecule has 0 saturated carbocycles. The summed E-state index contributed by atoms with van der Waals surface area (Å²) in [7, 11) is 2.24. The van der Waals surface area contributed by atoms with Gasteiger partial charge in [-0.05, 0) is 50.9 Å². The molecule has 15 heavy (non-hydrogen) atoms. The first kappa shape index (κ1) is 10.7. The highest BCUT2D eigenvalue weighted by molar-refractivity contribution is 5.40. The van der Waals surface area contributed by atoms with E-state index < -0.39 is 0 Å². The Morgan fingerprint density at radius 3 is 3.07 bits per heavy atom. The summed E-state index contributed by atoms with van der Waals surface area (Å²) in [6.07, 6.45) is 13.2. The van der Waals surface area contributed by atoms with Crippen LogP contribution in [0.3, 0.4) is 0 Å². The van der Waals surface area contributed by atoms with Gasteiger partial charge in [0.15, 0.2) is 0 Å². The van der Waals surface area contributed by atoms with Crippen LogP contribution < -0.4 is 0 Å². The monoisotopic (exact) mass is 203 g/mol. The zero-order chi connectivity index (χ0) is 10.7. The normalized spacial score (nSPS) is 31.7. The van der Waals surface area contributed by atoms with Crippen LogP contribution >= 0.6 is 0 Å². The maximum Gasteiger partial charge on any atom is 0.0148 e. The minimum Gasteiger partial charge on any atom is -0.305 e. The highest BCUT2D eigenvalue weighted by Crippen LogP contribution is 2.27. The van der Waals surface area contributed by atoms with E-state index in [1.807, 2.05) is 0 Å². The van der Waals surface area contributed by atoms with Gasteiger partial charge < -0.3 is 4.90 Å². The lowest BCUT2D eigenvalue weighted by atomic mass is 9.88. The highest BCUT2D eigenvalue weighted by atomic mass is 15.1. The third-order valence-electron chi connectivity index (χ3n) is 3.41. The van der Waals surface area contributed by atoms with E-state index in [-0.39, 0.29) is 0 Å². The summed E-state index contributed by atoms with van der Waals surface area (Å²) in [6, 6.07) is 0. The fourth-order valence-corrected chi connectivity index (χ4v) is 2.51. The average molecular weight is 203 g/mol. The van der Waals surface area contributed by atoms with Crippen LogP contribution in [-0.2, 0) is 0 Å². The standard InChI is InChI=1S/C14H21N/c1-12-7-6-8-13-11-15(2)10-5-3-4-9-14(12)13/h6-9,13H,3-5,10-11H2,1-2H3/b14-9+. The molecule has 82 valence electrons. The van der Waals surface area contributed by atoms with Crippen LogP contribution in [0.2, 0.25) is 0 Å².